The molecule has 0 radical (unpaired) electrons. The van der Waals surface area contributed by atoms with Crippen molar-refractivity contribution in [1.82, 2.24) is 0 Å². The lowest BCUT2D eigenvalue weighted by atomic mass is 10.0. The fraction of sp³-hybridized carbons (Fsp3) is 0.663. The minimum Gasteiger partial charge on any atom is -0.477 e. The van der Waals surface area contributed by atoms with Gasteiger partial charge in [0.05, 0.1) is 34.4 Å². The summed E-state index contributed by atoms with van der Waals surface area (Å²) in [6.07, 6.45) is 118. The van der Waals surface area contributed by atoms with Gasteiger partial charge in [0.1, 0.15) is 13.2 Å². The number of likely N-dealkylation sites (N-methyl/N-ethyl adjacent to an activating group) is 1. The lowest BCUT2D eigenvalue weighted by Gasteiger charge is -2.25. The van der Waals surface area contributed by atoms with E-state index in [1.165, 1.54) is 167 Å². The maximum Gasteiger partial charge on any atom is 0.361 e. The smallest absolute Gasteiger partial charge is 0.361 e. The standard InChI is InChI=1S/C92H153NO8/c1-6-8-10-12-14-16-18-20-22-24-26-28-30-32-34-36-38-40-42-44-45-47-49-51-53-55-57-59-61-63-65-67-69-71-73-75-77-79-81-83-90(95)101-88(87-100-92(91(96)97)98-85-84-93(3,4)5)86-99-89(94)82-80-78-76-74-72-70-68-66-64-62-60-58-56-54-52-50-48-46-43-41-39-37-35-33-31-29-27-25-23-21-19-17-15-13-11-9-7-2/h8-11,14-17,20-23,26-29,32,34,38,40,44-45,49,51,55,57,61,63,88,92H,6-7,12-13,18-19,24-25,30-31,33,35-37,39,41-43,46-48,50,52-54,56,58-60,62,64-87H2,1-5H3/p+1/b10-8-,11-9-,16-14-,17-15-,22-20-,23-21-,28-26-,29-27-,34-32-,40-38-,45-44-,51-49-,57-55-,63-61-. The molecule has 2 unspecified atom stereocenters. The van der Waals surface area contributed by atoms with Gasteiger partial charge < -0.3 is 28.5 Å². The van der Waals surface area contributed by atoms with Crippen LogP contribution in [0.5, 0.6) is 0 Å². The van der Waals surface area contributed by atoms with E-state index < -0.39 is 24.3 Å². The maximum absolute atomic E-state index is 13.0. The minimum absolute atomic E-state index is 0.180. The molecule has 0 saturated carbocycles. The monoisotopic (exact) mass is 1400 g/mol. The number of hydrogen-bond donors (Lipinski definition) is 1. The molecule has 0 fully saturated rings. The predicted molar refractivity (Wildman–Crippen MR) is 437 cm³/mol. The quantitative estimate of drug-likeness (QED) is 0.0211. The van der Waals surface area contributed by atoms with Gasteiger partial charge in [0.15, 0.2) is 6.10 Å². The van der Waals surface area contributed by atoms with Gasteiger partial charge >= 0.3 is 17.9 Å². The molecule has 101 heavy (non-hydrogen) atoms. The molecule has 0 aromatic rings. The highest BCUT2D eigenvalue weighted by Gasteiger charge is 2.25. The van der Waals surface area contributed by atoms with E-state index in [4.69, 9.17) is 18.9 Å². The Morgan fingerprint density at radius 3 is 0.792 bits per heavy atom. The summed E-state index contributed by atoms with van der Waals surface area (Å²) in [6, 6.07) is 0. The molecule has 0 aromatic heterocycles. The van der Waals surface area contributed by atoms with Crippen molar-refractivity contribution in [2.45, 2.75) is 347 Å². The van der Waals surface area contributed by atoms with E-state index in [1.54, 1.807) is 0 Å². The Bertz CT molecular complexity index is 2280. The van der Waals surface area contributed by atoms with Crippen LogP contribution in [0, 0.1) is 0 Å². The van der Waals surface area contributed by atoms with E-state index in [0.29, 0.717) is 23.9 Å². The molecule has 9 heteroatoms. The zero-order valence-corrected chi connectivity index (χ0v) is 65.8. The number of carboxylic acids is 1. The molecule has 0 saturated heterocycles. The SMILES string of the molecule is CC/C=C\C/C=C\C/C=C\C/C=C\C/C=C\C/C=C\C/C=C\C/C=C\C/C=C\C/C=C\CCCCCCCCCCC(=O)OC(COC(=O)CCCCCCCCCCCCCCCCCCCCCCCCCC/C=C\C/C=C\C/C=C\C/C=C\CC)COC(OCC[N+](C)(C)C)C(=O)O. The maximum atomic E-state index is 13.0. The second-order valence-electron chi connectivity index (χ2n) is 28.3. The first-order valence-corrected chi connectivity index (χ1v) is 41.3. The number of nitrogens with zero attached hydrogens (tertiary/aromatic N) is 1. The summed E-state index contributed by atoms with van der Waals surface area (Å²) >= 11 is 0. The van der Waals surface area contributed by atoms with Crippen LogP contribution in [-0.4, -0.2) is 87.4 Å². The fourth-order valence-electron chi connectivity index (χ4n) is 11.3. The van der Waals surface area contributed by atoms with Crippen molar-refractivity contribution in [3.05, 3.63) is 170 Å². The Kier molecular flexibility index (Phi) is 76.1. The van der Waals surface area contributed by atoms with Crippen molar-refractivity contribution >= 4 is 17.9 Å². The van der Waals surface area contributed by atoms with Gasteiger partial charge in [0.2, 0.25) is 0 Å². The van der Waals surface area contributed by atoms with Crippen molar-refractivity contribution in [3.63, 3.8) is 0 Å². The molecule has 0 rings (SSSR count). The third-order valence-electron chi connectivity index (χ3n) is 17.5. The molecule has 574 valence electrons. The molecular formula is C92H154NO8+. The summed E-state index contributed by atoms with van der Waals surface area (Å²) in [6.45, 7) is 4.66. The van der Waals surface area contributed by atoms with Gasteiger partial charge in [-0.1, -0.05) is 364 Å². The largest absolute Gasteiger partial charge is 0.477 e. The molecule has 0 bridgehead atoms. The molecule has 0 aliphatic heterocycles. The Morgan fingerprint density at radius 2 is 0.535 bits per heavy atom. The summed E-state index contributed by atoms with van der Waals surface area (Å²) in [5, 5.41) is 9.78. The molecule has 0 aliphatic rings. The number of aliphatic carboxylic acids is 1. The fourth-order valence-corrected chi connectivity index (χ4v) is 11.3. The van der Waals surface area contributed by atoms with E-state index in [1.807, 2.05) is 21.1 Å². The zero-order valence-electron chi connectivity index (χ0n) is 65.8. The Labute approximate surface area is 622 Å². The van der Waals surface area contributed by atoms with Gasteiger partial charge in [-0.05, 0) is 128 Å². The van der Waals surface area contributed by atoms with E-state index in [-0.39, 0.29) is 32.2 Å². The highest BCUT2D eigenvalue weighted by atomic mass is 16.7. The van der Waals surface area contributed by atoms with E-state index in [2.05, 4.69) is 184 Å². The number of hydrogen-bond acceptors (Lipinski definition) is 7. The van der Waals surface area contributed by atoms with E-state index >= 15 is 0 Å². The molecular weight excluding hydrogens is 1250 g/mol. The number of unbranched alkanes of at least 4 members (excludes halogenated alkanes) is 32. The van der Waals surface area contributed by atoms with Crippen LogP contribution >= 0.6 is 0 Å². The van der Waals surface area contributed by atoms with Crippen LogP contribution in [0.3, 0.4) is 0 Å². The lowest BCUT2D eigenvalue weighted by molar-refractivity contribution is -0.870. The zero-order chi connectivity index (χ0) is 73.2. The third-order valence-corrected chi connectivity index (χ3v) is 17.5. The average Bonchev–Trinajstić information content (AvgIpc) is 1.21. The highest BCUT2D eigenvalue weighted by Crippen LogP contribution is 2.18. The number of ether oxygens (including phenoxy) is 4. The van der Waals surface area contributed by atoms with Crippen LogP contribution in [0.15, 0.2) is 170 Å². The van der Waals surface area contributed by atoms with Gasteiger partial charge in [-0.2, -0.15) is 0 Å². The van der Waals surface area contributed by atoms with Gasteiger partial charge in [0, 0.05) is 12.8 Å². The lowest BCUT2D eigenvalue weighted by Crippen LogP contribution is -2.40. The van der Waals surface area contributed by atoms with Gasteiger partial charge in [0.25, 0.3) is 6.29 Å². The van der Waals surface area contributed by atoms with E-state index in [0.717, 1.165) is 135 Å². The predicted octanol–water partition coefficient (Wildman–Crippen LogP) is 26.9. The highest BCUT2D eigenvalue weighted by molar-refractivity contribution is 5.71. The first kappa shape index (κ1) is 95.6. The normalized spacial score (nSPS) is 13.6. The number of esters is 2. The van der Waals surface area contributed by atoms with Crippen LogP contribution in [0.1, 0.15) is 335 Å². The summed E-state index contributed by atoms with van der Waals surface area (Å²) in [4.78, 5) is 37.8. The first-order valence-electron chi connectivity index (χ1n) is 41.3. The number of quaternary nitrogens is 1. The number of carbonyl (C=O) groups is 3. The molecule has 1 N–H and O–H groups in total. The van der Waals surface area contributed by atoms with Crippen LogP contribution in [0.25, 0.3) is 0 Å². The second-order valence-corrected chi connectivity index (χ2v) is 28.3. The van der Waals surface area contributed by atoms with Gasteiger partial charge in [-0.25, -0.2) is 4.79 Å². The first-order chi connectivity index (χ1) is 49.6. The number of carboxylic acid groups (broad SMARTS) is 1. The van der Waals surface area contributed by atoms with Crippen LogP contribution in [0.4, 0.5) is 0 Å². The average molecular weight is 1400 g/mol. The molecule has 0 amide bonds. The molecule has 0 aromatic carbocycles. The van der Waals surface area contributed by atoms with Crippen molar-refractivity contribution < 1.29 is 42.9 Å². The molecule has 0 aliphatic carbocycles. The van der Waals surface area contributed by atoms with Gasteiger partial charge in [-0.3, -0.25) is 9.59 Å². The number of carbonyl (C=O) groups excluding carboxylic acids is 2. The Balaban J connectivity index is 4.07. The van der Waals surface area contributed by atoms with Gasteiger partial charge in [-0.15, -0.1) is 0 Å². The van der Waals surface area contributed by atoms with Crippen molar-refractivity contribution in [1.29, 1.82) is 0 Å². The Morgan fingerprint density at radius 1 is 0.297 bits per heavy atom. The summed E-state index contributed by atoms with van der Waals surface area (Å²) in [5.74, 6) is -2.01. The molecule has 0 heterocycles. The van der Waals surface area contributed by atoms with Crippen LogP contribution in [-0.2, 0) is 33.3 Å². The second kappa shape index (κ2) is 80.3. The van der Waals surface area contributed by atoms with Crippen LogP contribution < -0.4 is 0 Å². The topological polar surface area (TPSA) is 108 Å². The van der Waals surface area contributed by atoms with Crippen LogP contribution in [0.2, 0.25) is 0 Å². The van der Waals surface area contributed by atoms with Crippen molar-refractivity contribution in [3.8, 4) is 0 Å². The Hall–Kier alpha value is -5.35. The number of rotatable bonds is 75. The summed E-state index contributed by atoms with van der Waals surface area (Å²) in [7, 11) is 5.98. The molecule has 9 nitrogen and oxygen atoms in total. The third kappa shape index (κ3) is 81.8. The van der Waals surface area contributed by atoms with E-state index in [9.17, 15) is 19.5 Å². The summed E-state index contributed by atoms with van der Waals surface area (Å²) in [5.41, 5.74) is 0. The minimum atomic E-state index is -1.52. The molecule has 0 spiro atoms. The summed E-state index contributed by atoms with van der Waals surface area (Å²) < 4.78 is 23.0. The van der Waals surface area contributed by atoms with Crippen molar-refractivity contribution in [2.75, 3.05) is 47.5 Å². The number of allylic oxidation sites excluding steroid dienone is 28. The molecule has 2 atom stereocenters. The van der Waals surface area contributed by atoms with Crippen molar-refractivity contribution in [2.24, 2.45) is 0 Å².